The summed E-state index contributed by atoms with van der Waals surface area (Å²) in [5.41, 5.74) is 2.65. The summed E-state index contributed by atoms with van der Waals surface area (Å²) in [6, 6.07) is 8.54. The summed E-state index contributed by atoms with van der Waals surface area (Å²) in [6.07, 6.45) is 2.79. The van der Waals surface area contributed by atoms with Crippen molar-refractivity contribution in [1.29, 1.82) is 0 Å². The van der Waals surface area contributed by atoms with Crippen molar-refractivity contribution < 1.29 is 4.79 Å². The number of carbonyl (C=O) groups is 1. The molecule has 1 saturated heterocycles. The van der Waals surface area contributed by atoms with Gasteiger partial charge in [-0.1, -0.05) is 45.0 Å². The lowest BCUT2D eigenvalue weighted by molar-refractivity contribution is -0.120. The molecule has 0 aliphatic carbocycles. The maximum Gasteiger partial charge on any atom is 0.152 e. The van der Waals surface area contributed by atoms with Gasteiger partial charge in [0, 0.05) is 6.42 Å². The van der Waals surface area contributed by atoms with Crippen molar-refractivity contribution in [3.63, 3.8) is 0 Å². The molecule has 1 fully saturated rings. The van der Waals surface area contributed by atoms with Gasteiger partial charge in [-0.05, 0) is 42.1 Å². The molecule has 1 aromatic carbocycles. The summed E-state index contributed by atoms with van der Waals surface area (Å²) in [7, 11) is 0. The molecule has 1 atom stereocenters. The predicted octanol–water partition coefficient (Wildman–Crippen LogP) is 4.38. The Bertz CT molecular complexity index is 447. The SMILES string of the molecule is CC1(C(=O)Cc2ccc(C(C)(C)C)cc2)CCCS1. The minimum Gasteiger partial charge on any atom is -0.298 e. The van der Waals surface area contributed by atoms with Crippen LogP contribution in [0.5, 0.6) is 0 Å². The second kappa shape index (κ2) is 5.32. The fourth-order valence-electron chi connectivity index (χ4n) is 2.49. The average Bonchev–Trinajstić information content (AvgIpc) is 2.77. The van der Waals surface area contributed by atoms with Gasteiger partial charge < -0.3 is 0 Å². The average molecular weight is 276 g/mol. The molecule has 0 radical (unpaired) electrons. The van der Waals surface area contributed by atoms with Crippen LogP contribution < -0.4 is 0 Å². The number of hydrogen-bond donors (Lipinski definition) is 0. The largest absolute Gasteiger partial charge is 0.298 e. The minimum absolute atomic E-state index is 0.136. The highest BCUT2D eigenvalue weighted by molar-refractivity contribution is 8.01. The molecule has 2 rings (SSSR count). The summed E-state index contributed by atoms with van der Waals surface area (Å²) >= 11 is 1.83. The molecule has 1 aromatic rings. The zero-order chi connectivity index (χ0) is 14.1. The van der Waals surface area contributed by atoms with Gasteiger partial charge in [-0.25, -0.2) is 0 Å². The summed E-state index contributed by atoms with van der Waals surface area (Å²) in [6.45, 7) is 8.74. The maximum absolute atomic E-state index is 12.4. The van der Waals surface area contributed by atoms with E-state index in [2.05, 4.69) is 52.0 Å². The van der Waals surface area contributed by atoms with Gasteiger partial charge in [0.25, 0.3) is 0 Å². The summed E-state index contributed by atoms with van der Waals surface area (Å²) in [5, 5.41) is 0. The minimum atomic E-state index is -0.136. The Hall–Kier alpha value is -0.760. The van der Waals surface area contributed by atoms with E-state index in [9.17, 15) is 4.79 Å². The molecule has 1 nitrogen and oxygen atoms in total. The number of rotatable bonds is 3. The molecule has 1 heterocycles. The summed E-state index contributed by atoms with van der Waals surface area (Å²) in [4.78, 5) is 12.4. The first kappa shape index (κ1) is 14.6. The first-order chi connectivity index (χ1) is 8.81. The highest BCUT2D eigenvalue weighted by Gasteiger charge is 2.36. The Morgan fingerprint density at radius 2 is 1.89 bits per heavy atom. The van der Waals surface area contributed by atoms with Crippen molar-refractivity contribution in [1.82, 2.24) is 0 Å². The number of benzene rings is 1. The summed E-state index contributed by atoms with van der Waals surface area (Å²) in [5.74, 6) is 1.52. The second-order valence-corrected chi connectivity index (χ2v) is 8.33. The van der Waals surface area contributed by atoms with Crippen LogP contribution in [0.25, 0.3) is 0 Å². The van der Waals surface area contributed by atoms with Crippen molar-refractivity contribution in [2.24, 2.45) is 0 Å². The van der Waals surface area contributed by atoms with Crippen LogP contribution in [0.1, 0.15) is 51.7 Å². The van der Waals surface area contributed by atoms with Gasteiger partial charge in [0.2, 0.25) is 0 Å². The molecule has 2 heteroatoms. The third-order valence-electron chi connectivity index (χ3n) is 3.99. The predicted molar refractivity (Wildman–Crippen MR) is 84.0 cm³/mol. The monoisotopic (exact) mass is 276 g/mol. The quantitative estimate of drug-likeness (QED) is 0.815. The second-order valence-electron chi connectivity index (χ2n) is 6.73. The van der Waals surface area contributed by atoms with E-state index >= 15 is 0 Å². The zero-order valence-electron chi connectivity index (χ0n) is 12.5. The fourth-order valence-corrected chi connectivity index (χ4v) is 3.76. The van der Waals surface area contributed by atoms with Crippen LogP contribution in [0.3, 0.4) is 0 Å². The lowest BCUT2D eigenvalue weighted by Gasteiger charge is -2.22. The third kappa shape index (κ3) is 3.42. The molecular weight excluding hydrogens is 252 g/mol. The molecule has 19 heavy (non-hydrogen) atoms. The van der Waals surface area contributed by atoms with E-state index in [-0.39, 0.29) is 10.2 Å². The standard InChI is InChI=1S/C17H24OS/c1-16(2,3)14-8-6-13(7-9-14)12-15(18)17(4)10-5-11-19-17/h6-9H,5,10-12H2,1-4H3. The highest BCUT2D eigenvalue weighted by atomic mass is 32.2. The molecule has 0 spiro atoms. The van der Waals surface area contributed by atoms with Gasteiger partial charge in [0.1, 0.15) is 0 Å². The van der Waals surface area contributed by atoms with Crippen LogP contribution in [-0.4, -0.2) is 16.3 Å². The van der Waals surface area contributed by atoms with Gasteiger partial charge in [0.05, 0.1) is 4.75 Å². The van der Waals surface area contributed by atoms with Crippen LogP contribution in [0.2, 0.25) is 0 Å². The van der Waals surface area contributed by atoms with Crippen molar-refractivity contribution in [3.05, 3.63) is 35.4 Å². The van der Waals surface area contributed by atoms with Crippen molar-refractivity contribution in [3.8, 4) is 0 Å². The van der Waals surface area contributed by atoms with Gasteiger partial charge in [-0.15, -0.1) is 11.8 Å². The summed E-state index contributed by atoms with van der Waals surface area (Å²) < 4.78 is -0.136. The lowest BCUT2D eigenvalue weighted by atomic mass is 9.86. The van der Waals surface area contributed by atoms with Crippen LogP contribution in [0, 0.1) is 0 Å². The van der Waals surface area contributed by atoms with Crippen molar-refractivity contribution >= 4 is 17.5 Å². The highest BCUT2D eigenvalue weighted by Crippen LogP contribution is 2.39. The van der Waals surface area contributed by atoms with Crippen LogP contribution in [0.4, 0.5) is 0 Å². The molecule has 104 valence electrons. The normalized spacial score (nSPS) is 23.6. The Kier molecular flexibility index (Phi) is 4.10. The van der Waals surface area contributed by atoms with Gasteiger partial charge >= 0.3 is 0 Å². The van der Waals surface area contributed by atoms with Gasteiger partial charge in [0.15, 0.2) is 5.78 Å². The topological polar surface area (TPSA) is 17.1 Å². The van der Waals surface area contributed by atoms with Crippen LogP contribution in [-0.2, 0) is 16.6 Å². The number of Topliss-reactive ketones (excluding diaryl/α,β-unsaturated/α-hetero) is 1. The first-order valence-electron chi connectivity index (χ1n) is 7.08. The lowest BCUT2D eigenvalue weighted by Crippen LogP contribution is -2.30. The third-order valence-corrected chi connectivity index (χ3v) is 5.56. The number of thioether (sulfide) groups is 1. The number of hydrogen-bond acceptors (Lipinski definition) is 2. The maximum atomic E-state index is 12.4. The molecule has 1 unspecified atom stereocenters. The van der Waals surface area contributed by atoms with E-state index in [4.69, 9.17) is 0 Å². The molecule has 0 aromatic heterocycles. The van der Waals surface area contributed by atoms with E-state index in [1.165, 1.54) is 12.0 Å². The number of ketones is 1. The van der Waals surface area contributed by atoms with E-state index in [1.807, 2.05) is 11.8 Å². The first-order valence-corrected chi connectivity index (χ1v) is 8.06. The molecule has 1 aliphatic heterocycles. The molecule has 0 bridgehead atoms. The zero-order valence-corrected chi connectivity index (χ0v) is 13.3. The van der Waals surface area contributed by atoms with Gasteiger partial charge in [-0.2, -0.15) is 0 Å². The Labute approximate surface area is 121 Å². The molecule has 1 aliphatic rings. The van der Waals surface area contributed by atoms with Crippen LogP contribution in [0.15, 0.2) is 24.3 Å². The smallest absolute Gasteiger partial charge is 0.152 e. The van der Waals surface area contributed by atoms with E-state index < -0.39 is 0 Å². The van der Waals surface area contributed by atoms with Crippen LogP contribution >= 0.6 is 11.8 Å². The molecule has 0 amide bonds. The Balaban J connectivity index is 2.06. The molecule has 0 N–H and O–H groups in total. The fraction of sp³-hybridized carbons (Fsp3) is 0.588. The van der Waals surface area contributed by atoms with Gasteiger partial charge in [-0.3, -0.25) is 4.79 Å². The van der Waals surface area contributed by atoms with Crippen molar-refractivity contribution in [2.75, 3.05) is 5.75 Å². The number of carbonyl (C=O) groups excluding carboxylic acids is 1. The Morgan fingerprint density at radius 3 is 2.37 bits per heavy atom. The molecule has 0 saturated carbocycles. The van der Waals surface area contributed by atoms with E-state index in [0.29, 0.717) is 12.2 Å². The van der Waals surface area contributed by atoms with E-state index in [1.54, 1.807) is 0 Å². The van der Waals surface area contributed by atoms with Crippen molar-refractivity contribution in [2.45, 2.75) is 57.1 Å². The molecular formula is C17H24OS. The van der Waals surface area contributed by atoms with E-state index in [0.717, 1.165) is 17.7 Å². The Morgan fingerprint density at radius 1 is 1.26 bits per heavy atom.